The Balaban J connectivity index is 1.97. The van der Waals surface area contributed by atoms with Gasteiger partial charge < -0.3 is 10.6 Å². The van der Waals surface area contributed by atoms with Crippen LogP contribution in [0.3, 0.4) is 0 Å². The van der Waals surface area contributed by atoms with Crippen molar-refractivity contribution in [3.8, 4) is 0 Å². The Morgan fingerprint density at radius 3 is 2.25 bits per heavy atom. The number of nitrogens with one attached hydrogen (secondary N) is 2. The lowest BCUT2D eigenvalue weighted by Gasteiger charge is -2.15. The molecule has 0 aliphatic carbocycles. The summed E-state index contributed by atoms with van der Waals surface area (Å²) >= 11 is 0. The molecule has 2 heterocycles. The molecular formula is C19H21N5O4. The smallest absolute Gasteiger partial charge is 0.332 e. The van der Waals surface area contributed by atoms with Crippen LogP contribution in [0, 0.1) is 6.92 Å². The van der Waals surface area contributed by atoms with Gasteiger partial charge in [-0.1, -0.05) is 17.7 Å². The monoisotopic (exact) mass is 383 g/mol. The fourth-order valence-corrected chi connectivity index (χ4v) is 3.02. The second-order valence-electron chi connectivity index (χ2n) is 6.63. The van der Waals surface area contributed by atoms with Gasteiger partial charge in [0.05, 0.1) is 12.2 Å². The van der Waals surface area contributed by atoms with Crippen LogP contribution < -0.4 is 27.4 Å². The van der Waals surface area contributed by atoms with Crippen LogP contribution in [0.25, 0.3) is 11.0 Å². The lowest BCUT2D eigenvalue weighted by Crippen LogP contribution is -2.40. The van der Waals surface area contributed by atoms with E-state index in [1.54, 1.807) is 12.1 Å². The lowest BCUT2D eigenvalue weighted by atomic mass is 10.2. The number of rotatable bonds is 4. The third kappa shape index (κ3) is 3.34. The highest BCUT2D eigenvalue weighted by atomic mass is 16.2. The summed E-state index contributed by atoms with van der Waals surface area (Å²) in [6.07, 6.45) is 0. The minimum Gasteiger partial charge on any atom is -0.375 e. The standard InChI is InChI=1S/C19H21N5O4/c1-11-5-7-12(8-6-11)21-14(25)10-20-13-9-15(26)22(2)17-16(13)18(27)24(4)19(28)23(17)3/h5-9,20H,10H2,1-4H3,(H,21,25). The Morgan fingerprint density at radius 2 is 1.61 bits per heavy atom. The quantitative estimate of drug-likeness (QED) is 0.674. The molecule has 0 fully saturated rings. The minimum atomic E-state index is -0.546. The molecule has 1 aromatic carbocycles. The SMILES string of the molecule is Cc1ccc(NC(=O)CNc2cc(=O)n(C)c3c2c(=O)n(C)c(=O)n3C)cc1. The Bertz CT molecular complexity index is 1250. The maximum absolute atomic E-state index is 12.6. The molecule has 0 aliphatic rings. The van der Waals surface area contributed by atoms with Crippen molar-refractivity contribution < 1.29 is 4.79 Å². The maximum Gasteiger partial charge on any atom is 0.332 e. The second-order valence-corrected chi connectivity index (χ2v) is 6.63. The Kier molecular flexibility index (Phi) is 4.91. The number of anilines is 2. The molecule has 0 aliphatic heterocycles. The van der Waals surface area contributed by atoms with Crippen molar-refractivity contribution >= 4 is 28.3 Å². The van der Waals surface area contributed by atoms with E-state index in [0.717, 1.165) is 10.1 Å². The first-order valence-electron chi connectivity index (χ1n) is 8.61. The predicted octanol–water partition coefficient (Wildman–Crippen LogP) is 0.295. The summed E-state index contributed by atoms with van der Waals surface area (Å²) in [4.78, 5) is 49.4. The topological polar surface area (TPSA) is 107 Å². The molecule has 1 amide bonds. The zero-order chi connectivity index (χ0) is 20.6. The van der Waals surface area contributed by atoms with Crippen LogP contribution in [0.15, 0.2) is 44.7 Å². The number of benzene rings is 1. The van der Waals surface area contributed by atoms with E-state index in [2.05, 4.69) is 10.6 Å². The van der Waals surface area contributed by atoms with Gasteiger partial charge in [-0.15, -0.1) is 0 Å². The number of aryl methyl sites for hydroxylation is 3. The van der Waals surface area contributed by atoms with Gasteiger partial charge in [0, 0.05) is 32.9 Å². The molecule has 0 bridgehead atoms. The number of hydrogen-bond donors (Lipinski definition) is 2. The van der Waals surface area contributed by atoms with Crippen molar-refractivity contribution in [2.45, 2.75) is 6.92 Å². The third-order valence-corrected chi connectivity index (χ3v) is 4.59. The average molecular weight is 383 g/mol. The molecule has 0 radical (unpaired) electrons. The van der Waals surface area contributed by atoms with Crippen molar-refractivity contribution in [1.29, 1.82) is 0 Å². The van der Waals surface area contributed by atoms with E-state index in [0.29, 0.717) is 5.69 Å². The first-order valence-corrected chi connectivity index (χ1v) is 8.61. The van der Waals surface area contributed by atoms with Crippen molar-refractivity contribution in [2.75, 3.05) is 17.2 Å². The molecule has 0 saturated heterocycles. The normalized spacial score (nSPS) is 10.9. The summed E-state index contributed by atoms with van der Waals surface area (Å²) in [7, 11) is 4.33. The molecule has 9 nitrogen and oxygen atoms in total. The summed E-state index contributed by atoms with van der Waals surface area (Å²) < 4.78 is 3.43. The number of carbonyl (C=O) groups excluding carboxylic acids is 1. The van der Waals surface area contributed by atoms with E-state index in [4.69, 9.17) is 0 Å². The third-order valence-electron chi connectivity index (χ3n) is 4.59. The molecule has 0 unspecified atom stereocenters. The van der Waals surface area contributed by atoms with Gasteiger partial charge in [-0.3, -0.25) is 28.1 Å². The van der Waals surface area contributed by atoms with Gasteiger partial charge in [0.15, 0.2) is 0 Å². The van der Waals surface area contributed by atoms with E-state index >= 15 is 0 Å². The molecular weight excluding hydrogens is 362 g/mol. The highest BCUT2D eigenvalue weighted by Gasteiger charge is 2.17. The maximum atomic E-state index is 12.6. The van der Waals surface area contributed by atoms with Crippen LogP contribution in [0.2, 0.25) is 0 Å². The van der Waals surface area contributed by atoms with Crippen molar-refractivity contribution in [1.82, 2.24) is 13.7 Å². The number of pyridine rings is 1. The van der Waals surface area contributed by atoms with Crippen LogP contribution in [0.5, 0.6) is 0 Å². The van der Waals surface area contributed by atoms with Gasteiger partial charge in [0.25, 0.3) is 11.1 Å². The van der Waals surface area contributed by atoms with E-state index in [1.165, 1.54) is 36.3 Å². The number of hydrogen-bond acceptors (Lipinski definition) is 5. The molecule has 2 aromatic heterocycles. The Labute approximate surface area is 159 Å². The van der Waals surface area contributed by atoms with Crippen molar-refractivity contribution in [3.05, 3.63) is 67.1 Å². The zero-order valence-corrected chi connectivity index (χ0v) is 16.1. The van der Waals surface area contributed by atoms with Gasteiger partial charge in [0.1, 0.15) is 11.0 Å². The number of aromatic nitrogens is 3. The summed E-state index contributed by atoms with van der Waals surface area (Å²) in [5.41, 5.74) is 0.609. The molecule has 0 atom stereocenters. The zero-order valence-electron chi connectivity index (χ0n) is 16.1. The van der Waals surface area contributed by atoms with Gasteiger partial charge in [-0.25, -0.2) is 4.79 Å². The average Bonchev–Trinajstić information content (AvgIpc) is 2.67. The van der Waals surface area contributed by atoms with Crippen molar-refractivity contribution in [2.24, 2.45) is 21.1 Å². The number of nitrogens with zero attached hydrogens (tertiary/aromatic N) is 3. The van der Waals surface area contributed by atoms with Gasteiger partial charge in [-0.05, 0) is 19.1 Å². The van der Waals surface area contributed by atoms with Crippen LogP contribution in [0.4, 0.5) is 11.4 Å². The van der Waals surface area contributed by atoms with Gasteiger partial charge in [-0.2, -0.15) is 0 Å². The second kappa shape index (κ2) is 7.18. The van der Waals surface area contributed by atoms with Crippen molar-refractivity contribution in [3.63, 3.8) is 0 Å². The van der Waals surface area contributed by atoms with Gasteiger partial charge in [0.2, 0.25) is 5.91 Å². The molecule has 0 saturated carbocycles. The van der Waals surface area contributed by atoms with E-state index in [1.807, 2.05) is 19.1 Å². The van der Waals surface area contributed by atoms with Gasteiger partial charge >= 0.3 is 5.69 Å². The fourth-order valence-electron chi connectivity index (χ4n) is 3.02. The Hall–Kier alpha value is -3.62. The molecule has 2 N–H and O–H groups in total. The first-order chi connectivity index (χ1) is 13.2. The lowest BCUT2D eigenvalue weighted by molar-refractivity contribution is -0.114. The first kappa shape index (κ1) is 19.2. The van der Waals surface area contributed by atoms with Crippen LogP contribution in [-0.4, -0.2) is 26.2 Å². The molecule has 28 heavy (non-hydrogen) atoms. The summed E-state index contributed by atoms with van der Waals surface area (Å²) in [5, 5.41) is 5.75. The predicted molar refractivity (Wildman–Crippen MR) is 108 cm³/mol. The number of carbonyl (C=O) groups is 1. The molecule has 9 heteroatoms. The van der Waals surface area contributed by atoms with E-state index in [9.17, 15) is 19.2 Å². The van der Waals surface area contributed by atoms with E-state index < -0.39 is 16.8 Å². The van der Waals surface area contributed by atoms with Crippen LogP contribution in [-0.2, 0) is 25.9 Å². The van der Waals surface area contributed by atoms with Crippen LogP contribution >= 0.6 is 0 Å². The largest absolute Gasteiger partial charge is 0.375 e. The summed E-state index contributed by atoms with van der Waals surface area (Å²) in [6.45, 7) is 1.80. The Morgan fingerprint density at radius 1 is 0.964 bits per heavy atom. The highest BCUT2D eigenvalue weighted by molar-refractivity contribution is 5.96. The molecule has 146 valence electrons. The van der Waals surface area contributed by atoms with Crippen LogP contribution in [0.1, 0.15) is 5.56 Å². The number of amides is 1. The molecule has 0 spiro atoms. The van der Waals surface area contributed by atoms with E-state index in [-0.39, 0.29) is 29.2 Å². The minimum absolute atomic E-state index is 0.151. The summed E-state index contributed by atoms with van der Waals surface area (Å²) in [6, 6.07) is 8.57. The molecule has 3 rings (SSSR count). The summed E-state index contributed by atoms with van der Waals surface area (Å²) in [5.74, 6) is -0.334. The fraction of sp³-hybridized carbons (Fsp3) is 0.263. The highest BCUT2D eigenvalue weighted by Crippen LogP contribution is 2.16. The molecule has 3 aromatic rings. The number of fused-ring (bicyclic) bond motifs is 1.